The van der Waals surface area contributed by atoms with E-state index in [2.05, 4.69) is 16.0 Å². The van der Waals surface area contributed by atoms with Crippen molar-refractivity contribution in [2.45, 2.75) is 6.92 Å². The van der Waals surface area contributed by atoms with Gasteiger partial charge < -0.3 is 4.98 Å². The summed E-state index contributed by atoms with van der Waals surface area (Å²) in [7, 11) is 0. The maximum Gasteiger partial charge on any atom is 0.123 e. The Hall–Kier alpha value is -3.19. The zero-order valence-electron chi connectivity index (χ0n) is 12.5. The fraction of sp³-hybridized carbons (Fsp3) is 0.0526. The first-order valence-corrected chi connectivity index (χ1v) is 7.15. The van der Waals surface area contributed by atoms with Crippen LogP contribution in [0.25, 0.3) is 23.4 Å². The number of hydrogen-bond donors (Lipinski definition) is 1. The quantitative estimate of drug-likeness (QED) is 0.770. The SMILES string of the molecule is Cc1[nH]c(-c2ccnc(C=Cc3ccc(F)cc3)c2)cc1C#N. The van der Waals surface area contributed by atoms with Crippen molar-refractivity contribution in [3.8, 4) is 17.3 Å². The highest BCUT2D eigenvalue weighted by Crippen LogP contribution is 2.22. The van der Waals surface area contributed by atoms with Crippen LogP contribution in [0, 0.1) is 24.1 Å². The summed E-state index contributed by atoms with van der Waals surface area (Å²) in [6.07, 6.45) is 5.48. The molecule has 3 nitrogen and oxygen atoms in total. The van der Waals surface area contributed by atoms with E-state index in [1.807, 2.05) is 37.3 Å². The number of benzene rings is 1. The summed E-state index contributed by atoms with van der Waals surface area (Å²) in [5.74, 6) is -0.252. The molecule has 1 aromatic carbocycles. The molecule has 0 atom stereocenters. The number of halogens is 1. The molecule has 1 N–H and O–H groups in total. The van der Waals surface area contributed by atoms with Crippen molar-refractivity contribution in [1.82, 2.24) is 9.97 Å². The second kappa shape index (κ2) is 6.29. The Morgan fingerprint density at radius 3 is 2.61 bits per heavy atom. The van der Waals surface area contributed by atoms with Gasteiger partial charge in [0.15, 0.2) is 0 Å². The molecule has 3 rings (SSSR count). The third-order valence-corrected chi connectivity index (χ3v) is 3.54. The lowest BCUT2D eigenvalue weighted by atomic mass is 10.1. The first-order valence-electron chi connectivity index (χ1n) is 7.15. The number of pyridine rings is 1. The van der Waals surface area contributed by atoms with Crippen molar-refractivity contribution < 1.29 is 4.39 Å². The van der Waals surface area contributed by atoms with Gasteiger partial charge in [0.2, 0.25) is 0 Å². The van der Waals surface area contributed by atoms with Gasteiger partial charge in [-0.1, -0.05) is 18.2 Å². The molecule has 2 heterocycles. The van der Waals surface area contributed by atoms with E-state index >= 15 is 0 Å². The zero-order valence-corrected chi connectivity index (χ0v) is 12.5. The number of nitriles is 1. The summed E-state index contributed by atoms with van der Waals surface area (Å²) in [5.41, 5.74) is 5.03. The molecule has 0 aliphatic heterocycles. The third kappa shape index (κ3) is 3.35. The van der Waals surface area contributed by atoms with Gasteiger partial charge in [-0.15, -0.1) is 0 Å². The Kier molecular flexibility index (Phi) is 4.03. The molecule has 0 amide bonds. The molecule has 0 aliphatic carbocycles. The average Bonchev–Trinajstić information content (AvgIpc) is 2.96. The molecule has 0 aliphatic rings. The first-order chi connectivity index (χ1) is 11.2. The number of nitrogens with zero attached hydrogens (tertiary/aromatic N) is 2. The molecule has 0 fully saturated rings. The van der Waals surface area contributed by atoms with E-state index in [1.54, 1.807) is 18.3 Å². The van der Waals surface area contributed by atoms with Crippen LogP contribution in [0.2, 0.25) is 0 Å². The van der Waals surface area contributed by atoms with E-state index in [0.29, 0.717) is 5.56 Å². The zero-order chi connectivity index (χ0) is 16.2. The van der Waals surface area contributed by atoms with Crippen molar-refractivity contribution in [1.29, 1.82) is 5.26 Å². The molecule has 3 aromatic rings. The van der Waals surface area contributed by atoms with Gasteiger partial charge in [-0.25, -0.2) is 4.39 Å². The number of aryl methyl sites for hydroxylation is 1. The maximum atomic E-state index is 12.9. The van der Waals surface area contributed by atoms with Gasteiger partial charge in [-0.2, -0.15) is 5.26 Å². The standard InChI is InChI=1S/C19H14FN3/c1-13-16(12-21)11-19(23-13)15-8-9-22-18(10-15)7-4-14-2-5-17(20)6-3-14/h2-11,23H,1H3. The number of nitrogens with one attached hydrogen (secondary N) is 1. The Morgan fingerprint density at radius 2 is 1.91 bits per heavy atom. The van der Waals surface area contributed by atoms with Crippen LogP contribution in [0.5, 0.6) is 0 Å². The summed E-state index contributed by atoms with van der Waals surface area (Å²) in [6, 6.07) is 14.1. The van der Waals surface area contributed by atoms with Crippen molar-refractivity contribution in [2.24, 2.45) is 0 Å². The maximum absolute atomic E-state index is 12.9. The van der Waals surface area contributed by atoms with Crippen LogP contribution in [-0.2, 0) is 0 Å². The van der Waals surface area contributed by atoms with Gasteiger partial charge in [-0.05, 0) is 48.9 Å². The number of rotatable bonds is 3. The minimum atomic E-state index is -0.252. The lowest BCUT2D eigenvalue weighted by Gasteiger charge is -2.00. The molecule has 4 heteroatoms. The molecule has 0 unspecified atom stereocenters. The predicted molar refractivity (Wildman–Crippen MR) is 88.8 cm³/mol. The summed E-state index contributed by atoms with van der Waals surface area (Å²) in [4.78, 5) is 7.51. The van der Waals surface area contributed by atoms with E-state index in [0.717, 1.165) is 28.2 Å². The highest BCUT2D eigenvalue weighted by molar-refractivity contribution is 5.71. The Morgan fingerprint density at radius 1 is 1.13 bits per heavy atom. The second-order valence-corrected chi connectivity index (χ2v) is 5.19. The average molecular weight is 303 g/mol. The van der Waals surface area contributed by atoms with Gasteiger partial charge in [0.25, 0.3) is 0 Å². The lowest BCUT2D eigenvalue weighted by molar-refractivity contribution is 0.628. The first kappa shape index (κ1) is 14.7. The normalized spacial score (nSPS) is 10.8. The predicted octanol–water partition coefficient (Wildman–Crippen LogP) is 4.57. The van der Waals surface area contributed by atoms with Gasteiger partial charge in [0.05, 0.1) is 11.3 Å². The molecule has 0 saturated heterocycles. The van der Waals surface area contributed by atoms with Crippen LogP contribution in [0.15, 0.2) is 48.7 Å². The molecule has 2 aromatic heterocycles. The van der Waals surface area contributed by atoms with Crippen LogP contribution < -0.4 is 0 Å². The summed E-state index contributed by atoms with van der Waals surface area (Å²) in [6.45, 7) is 1.87. The fourth-order valence-corrected chi connectivity index (χ4v) is 2.29. The Labute approximate surface area is 133 Å². The second-order valence-electron chi connectivity index (χ2n) is 5.19. The monoisotopic (exact) mass is 303 g/mol. The summed E-state index contributed by atoms with van der Waals surface area (Å²) < 4.78 is 12.9. The Bertz CT molecular complexity index is 899. The van der Waals surface area contributed by atoms with E-state index in [1.165, 1.54) is 12.1 Å². The molecular formula is C19H14FN3. The van der Waals surface area contributed by atoms with Gasteiger partial charge in [0, 0.05) is 23.1 Å². The highest BCUT2D eigenvalue weighted by Gasteiger charge is 2.06. The largest absolute Gasteiger partial charge is 0.358 e. The van der Waals surface area contributed by atoms with E-state index in [-0.39, 0.29) is 5.82 Å². The number of aromatic nitrogens is 2. The van der Waals surface area contributed by atoms with Crippen LogP contribution in [-0.4, -0.2) is 9.97 Å². The minimum Gasteiger partial charge on any atom is -0.358 e. The minimum absolute atomic E-state index is 0.252. The molecular weight excluding hydrogens is 289 g/mol. The van der Waals surface area contributed by atoms with Crippen LogP contribution >= 0.6 is 0 Å². The molecule has 0 bridgehead atoms. The smallest absolute Gasteiger partial charge is 0.123 e. The number of hydrogen-bond acceptors (Lipinski definition) is 2. The number of aromatic amines is 1. The van der Waals surface area contributed by atoms with Crippen molar-refractivity contribution >= 4 is 12.2 Å². The summed E-state index contributed by atoms with van der Waals surface area (Å²) >= 11 is 0. The third-order valence-electron chi connectivity index (χ3n) is 3.54. The van der Waals surface area contributed by atoms with Gasteiger partial charge in [0.1, 0.15) is 11.9 Å². The molecule has 0 spiro atoms. The van der Waals surface area contributed by atoms with Gasteiger partial charge >= 0.3 is 0 Å². The Balaban J connectivity index is 1.87. The summed E-state index contributed by atoms with van der Waals surface area (Å²) in [5, 5.41) is 9.04. The van der Waals surface area contributed by atoms with Crippen molar-refractivity contribution in [2.75, 3.05) is 0 Å². The van der Waals surface area contributed by atoms with Crippen molar-refractivity contribution in [3.63, 3.8) is 0 Å². The molecule has 23 heavy (non-hydrogen) atoms. The molecule has 0 saturated carbocycles. The lowest BCUT2D eigenvalue weighted by Crippen LogP contribution is -1.84. The van der Waals surface area contributed by atoms with Crippen LogP contribution in [0.1, 0.15) is 22.5 Å². The number of H-pyrrole nitrogens is 1. The van der Waals surface area contributed by atoms with E-state index in [4.69, 9.17) is 5.26 Å². The van der Waals surface area contributed by atoms with Crippen LogP contribution in [0.3, 0.4) is 0 Å². The topological polar surface area (TPSA) is 52.5 Å². The van der Waals surface area contributed by atoms with Gasteiger partial charge in [-0.3, -0.25) is 4.98 Å². The van der Waals surface area contributed by atoms with E-state index in [9.17, 15) is 4.39 Å². The fourth-order valence-electron chi connectivity index (χ4n) is 2.29. The molecule has 0 radical (unpaired) electrons. The highest BCUT2D eigenvalue weighted by atomic mass is 19.1. The van der Waals surface area contributed by atoms with Crippen molar-refractivity contribution in [3.05, 3.63) is 77.0 Å². The van der Waals surface area contributed by atoms with Crippen LogP contribution in [0.4, 0.5) is 4.39 Å². The molecule has 112 valence electrons. The van der Waals surface area contributed by atoms with E-state index < -0.39 is 0 Å².